The number of halogens is 3. The summed E-state index contributed by atoms with van der Waals surface area (Å²) in [5.74, 6) is 0.594. The minimum Gasteiger partial charge on any atom is -0.496 e. The number of aliphatic hydroxyl groups is 1. The van der Waals surface area contributed by atoms with E-state index in [1.165, 1.54) is 7.11 Å². The number of ether oxygens (including phenoxy) is 1. The van der Waals surface area contributed by atoms with Gasteiger partial charge in [-0.3, -0.25) is 0 Å². The predicted molar refractivity (Wildman–Crippen MR) is 66.2 cm³/mol. The highest BCUT2D eigenvalue weighted by atomic mass is 19.4. The molecule has 1 unspecified atom stereocenters. The molecule has 1 rings (SSSR count). The van der Waals surface area contributed by atoms with Crippen molar-refractivity contribution < 1.29 is 23.0 Å². The summed E-state index contributed by atoms with van der Waals surface area (Å²) in [5.41, 5.74) is -0.305. The van der Waals surface area contributed by atoms with E-state index < -0.39 is 24.9 Å². The average Bonchev–Trinajstić information content (AvgIpc) is 2.36. The van der Waals surface area contributed by atoms with E-state index in [0.29, 0.717) is 5.75 Å². The highest BCUT2D eigenvalue weighted by Gasteiger charge is 2.33. The summed E-state index contributed by atoms with van der Waals surface area (Å²) in [6.07, 6.45) is -4.07. The fourth-order valence-electron chi connectivity index (χ4n) is 1.76. The monoisotopic (exact) mass is 277 g/mol. The van der Waals surface area contributed by atoms with Crippen molar-refractivity contribution >= 4 is 0 Å². The minimum atomic E-state index is -4.31. The Morgan fingerprint density at radius 3 is 2.42 bits per heavy atom. The SMILES string of the molecule is COc1ccccc1CC(C)(CO)NCC(F)(F)F. The Hall–Kier alpha value is -1.27. The summed E-state index contributed by atoms with van der Waals surface area (Å²) in [5, 5.41) is 11.7. The molecule has 0 bridgehead atoms. The fourth-order valence-corrected chi connectivity index (χ4v) is 1.76. The number of nitrogens with one attached hydrogen (secondary N) is 1. The van der Waals surface area contributed by atoms with Crippen molar-refractivity contribution in [1.82, 2.24) is 5.32 Å². The molecule has 0 amide bonds. The second-order valence-corrected chi connectivity index (χ2v) is 4.68. The second-order valence-electron chi connectivity index (χ2n) is 4.68. The molecule has 19 heavy (non-hydrogen) atoms. The quantitative estimate of drug-likeness (QED) is 0.837. The van der Waals surface area contributed by atoms with Crippen LogP contribution in [0.2, 0.25) is 0 Å². The van der Waals surface area contributed by atoms with Crippen molar-refractivity contribution in [1.29, 1.82) is 0 Å². The Balaban J connectivity index is 2.80. The first-order chi connectivity index (χ1) is 8.79. The molecule has 0 aliphatic heterocycles. The number of para-hydroxylation sites is 1. The van der Waals surface area contributed by atoms with Gasteiger partial charge in [0.2, 0.25) is 0 Å². The van der Waals surface area contributed by atoms with Crippen molar-refractivity contribution in [3.8, 4) is 5.75 Å². The molecule has 3 nitrogen and oxygen atoms in total. The minimum absolute atomic E-state index is 0.240. The normalized spacial score (nSPS) is 15.1. The second kappa shape index (κ2) is 6.25. The van der Waals surface area contributed by atoms with Crippen molar-refractivity contribution in [3.05, 3.63) is 29.8 Å². The Morgan fingerprint density at radius 2 is 1.89 bits per heavy atom. The molecule has 1 aromatic carbocycles. The molecule has 0 aliphatic rings. The largest absolute Gasteiger partial charge is 0.496 e. The van der Waals surface area contributed by atoms with Gasteiger partial charge in [0.25, 0.3) is 0 Å². The molecule has 0 saturated heterocycles. The van der Waals surface area contributed by atoms with Gasteiger partial charge in [-0.1, -0.05) is 18.2 Å². The van der Waals surface area contributed by atoms with Gasteiger partial charge in [-0.15, -0.1) is 0 Å². The molecule has 1 aromatic rings. The molecule has 0 heterocycles. The number of hydrogen-bond donors (Lipinski definition) is 2. The van der Waals surface area contributed by atoms with Gasteiger partial charge in [0.05, 0.1) is 20.3 Å². The molecule has 108 valence electrons. The maximum Gasteiger partial charge on any atom is 0.401 e. The van der Waals surface area contributed by atoms with E-state index in [4.69, 9.17) is 4.74 Å². The molecule has 0 radical (unpaired) electrons. The Morgan fingerprint density at radius 1 is 1.26 bits per heavy atom. The molecule has 6 heteroatoms. The zero-order valence-electron chi connectivity index (χ0n) is 10.9. The highest BCUT2D eigenvalue weighted by molar-refractivity contribution is 5.34. The van der Waals surface area contributed by atoms with E-state index in [1.807, 2.05) is 0 Å². The number of benzene rings is 1. The van der Waals surface area contributed by atoms with E-state index in [-0.39, 0.29) is 6.42 Å². The van der Waals surface area contributed by atoms with Gasteiger partial charge in [-0.25, -0.2) is 0 Å². The molecular formula is C13H18F3NO2. The Labute approximate surface area is 110 Å². The van der Waals surface area contributed by atoms with Gasteiger partial charge in [0, 0.05) is 5.54 Å². The van der Waals surface area contributed by atoms with Crippen LogP contribution in [0.5, 0.6) is 5.75 Å². The van der Waals surface area contributed by atoms with Crippen LogP contribution in [-0.4, -0.2) is 37.1 Å². The topological polar surface area (TPSA) is 41.5 Å². The van der Waals surface area contributed by atoms with Crippen LogP contribution in [0.1, 0.15) is 12.5 Å². The molecular weight excluding hydrogens is 259 g/mol. The summed E-state index contributed by atoms with van der Waals surface area (Å²) in [7, 11) is 1.50. The van der Waals surface area contributed by atoms with E-state index in [2.05, 4.69) is 5.32 Å². The Bertz CT molecular complexity index is 409. The molecule has 0 spiro atoms. The van der Waals surface area contributed by atoms with Gasteiger partial charge in [-0.2, -0.15) is 13.2 Å². The summed E-state index contributed by atoms with van der Waals surface area (Å²) in [4.78, 5) is 0. The van der Waals surface area contributed by atoms with Crippen LogP contribution in [0.3, 0.4) is 0 Å². The molecule has 0 aliphatic carbocycles. The van der Waals surface area contributed by atoms with Crippen molar-refractivity contribution in [3.63, 3.8) is 0 Å². The number of alkyl halides is 3. The number of hydrogen-bond acceptors (Lipinski definition) is 3. The summed E-state index contributed by atoms with van der Waals surface area (Å²) >= 11 is 0. The van der Waals surface area contributed by atoms with Gasteiger partial charge in [-0.05, 0) is 25.0 Å². The molecule has 0 aromatic heterocycles. The van der Waals surface area contributed by atoms with Crippen molar-refractivity contribution in [2.24, 2.45) is 0 Å². The van der Waals surface area contributed by atoms with E-state index in [0.717, 1.165) is 5.56 Å². The first-order valence-corrected chi connectivity index (χ1v) is 5.84. The lowest BCUT2D eigenvalue weighted by atomic mass is 9.93. The molecule has 2 N–H and O–H groups in total. The smallest absolute Gasteiger partial charge is 0.401 e. The summed E-state index contributed by atoms with van der Waals surface area (Å²) in [6, 6.07) is 7.06. The van der Waals surface area contributed by atoms with Gasteiger partial charge in [0.1, 0.15) is 5.75 Å². The van der Waals surface area contributed by atoms with E-state index in [9.17, 15) is 18.3 Å². The van der Waals surface area contributed by atoms with Gasteiger partial charge >= 0.3 is 6.18 Å². The lowest BCUT2D eigenvalue weighted by Gasteiger charge is -2.30. The third kappa shape index (κ3) is 5.08. The number of aliphatic hydroxyl groups excluding tert-OH is 1. The van der Waals surface area contributed by atoms with Crippen LogP contribution in [0.4, 0.5) is 13.2 Å². The molecule has 0 fully saturated rings. The lowest BCUT2D eigenvalue weighted by molar-refractivity contribution is -0.129. The zero-order valence-corrected chi connectivity index (χ0v) is 10.9. The zero-order chi connectivity index (χ0) is 14.5. The van der Waals surface area contributed by atoms with Crippen LogP contribution in [0, 0.1) is 0 Å². The summed E-state index contributed by atoms with van der Waals surface area (Å²) in [6.45, 7) is 0.00547. The average molecular weight is 277 g/mol. The summed E-state index contributed by atoms with van der Waals surface area (Å²) < 4.78 is 41.9. The Kier molecular flexibility index (Phi) is 5.20. The van der Waals surface area contributed by atoms with Crippen molar-refractivity contribution in [2.75, 3.05) is 20.3 Å². The van der Waals surface area contributed by atoms with E-state index >= 15 is 0 Å². The predicted octanol–water partition coefficient (Wildman–Crippen LogP) is 2.14. The van der Waals surface area contributed by atoms with Crippen LogP contribution in [0.15, 0.2) is 24.3 Å². The maximum absolute atomic E-state index is 12.2. The fraction of sp³-hybridized carbons (Fsp3) is 0.538. The molecule has 0 saturated carbocycles. The van der Waals surface area contributed by atoms with E-state index in [1.54, 1.807) is 31.2 Å². The lowest BCUT2D eigenvalue weighted by Crippen LogP contribution is -2.51. The highest BCUT2D eigenvalue weighted by Crippen LogP contribution is 2.23. The number of rotatable bonds is 6. The molecule has 1 atom stereocenters. The third-order valence-electron chi connectivity index (χ3n) is 2.84. The van der Waals surface area contributed by atoms with Gasteiger partial charge in [0.15, 0.2) is 0 Å². The maximum atomic E-state index is 12.2. The van der Waals surface area contributed by atoms with Crippen LogP contribution in [0.25, 0.3) is 0 Å². The standard InChI is InChI=1S/C13H18F3NO2/c1-12(9-18,17-8-13(14,15)16)7-10-5-3-4-6-11(10)19-2/h3-6,17-18H,7-9H2,1-2H3. The van der Waals surface area contributed by atoms with Crippen LogP contribution in [-0.2, 0) is 6.42 Å². The number of methoxy groups -OCH3 is 1. The van der Waals surface area contributed by atoms with Crippen LogP contribution >= 0.6 is 0 Å². The van der Waals surface area contributed by atoms with Gasteiger partial charge < -0.3 is 15.2 Å². The van der Waals surface area contributed by atoms with Crippen LogP contribution < -0.4 is 10.1 Å². The first-order valence-electron chi connectivity index (χ1n) is 5.84. The van der Waals surface area contributed by atoms with Crippen molar-refractivity contribution in [2.45, 2.75) is 25.1 Å². The third-order valence-corrected chi connectivity index (χ3v) is 2.84. The first kappa shape index (κ1) is 15.8.